The molecule has 0 spiro atoms. The largest absolute Gasteiger partial charge is 0.381 e. The van der Waals surface area contributed by atoms with Crippen LogP contribution in [0.5, 0.6) is 0 Å². The first-order chi connectivity index (χ1) is 10.6. The van der Waals surface area contributed by atoms with Crippen molar-refractivity contribution >= 4 is 16.9 Å². The second-order valence-electron chi connectivity index (χ2n) is 6.17. The normalized spacial score (nSPS) is 18.3. The van der Waals surface area contributed by atoms with Crippen LogP contribution < -0.4 is 5.32 Å². The molecule has 1 unspecified atom stereocenters. The Morgan fingerprint density at radius 2 is 2.36 bits per heavy atom. The maximum Gasteiger partial charge on any atom is 0.252 e. The number of aryl methyl sites for hydroxylation is 1. The summed E-state index contributed by atoms with van der Waals surface area (Å²) in [5.74, 6) is 0.353. The van der Waals surface area contributed by atoms with Crippen LogP contribution in [0, 0.1) is 12.8 Å². The van der Waals surface area contributed by atoms with Crippen LogP contribution >= 0.6 is 0 Å². The Labute approximate surface area is 129 Å². The van der Waals surface area contributed by atoms with Crippen LogP contribution in [0.25, 0.3) is 11.0 Å². The third-order valence-corrected chi connectivity index (χ3v) is 4.00. The van der Waals surface area contributed by atoms with Crippen molar-refractivity contribution < 1.29 is 9.53 Å². The molecule has 2 aromatic heterocycles. The lowest BCUT2D eigenvalue weighted by molar-refractivity contribution is 0.0946. The minimum Gasteiger partial charge on any atom is -0.381 e. The summed E-state index contributed by atoms with van der Waals surface area (Å²) in [6, 6.07) is 2.04. The lowest BCUT2D eigenvalue weighted by atomic mass is 10.1. The summed E-state index contributed by atoms with van der Waals surface area (Å²) in [6.07, 6.45) is 2.74. The van der Waals surface area contributed by atoms with Gasteiger partial charge in [0.25, 0.3) is 5.91 Å². The van der Waals surface area contributed by atoms with Crippen molar-refractivity contribution in [2.24, 2.45) is 5.92 Å². The van der Waals surface area contributed by atoms with Crippen LogP contribution in [0.4, 0.5) is 0 Å². The molecule has 1 atom stereocenters. The number of amides is 1. The average molecular weight is 302 g/mol. The predicted molar refractivity (Wildman–Crippen MR) is 83.9 cm³/mol. The summed E-state index contributed by atoms with van der Waals surface area (Å²) < 4.78 is 7.19. The van der Waals surface area contributed by atoms with Gasteiger partial charge in [-0.15, -0.1) is 0 Å². The molecule has 1 fully saturated rings. The fourth-order valence-electron chi connectivity index (χ4n) is 2.79. The van der Waals surface area contributed by atoms with Crippen molar-refractivity contribution in [2.75, 3.05) is 19.8 Å². The predicted octanol–water partition coefficient (Wildman–Crippen LogP) is 2.09. The maximum absolute atomic E-state index is 12.5. The third kappa shape index (κ3) is 2.83. The van der Waals surface area contributed by atoms with Crippen molar-refractivity contribution in [2.45, 2.75) is 33.2 Å². The van der Waals surface area contributed by atoms with E-state index in [4.69, 9.17) is 4.74 Å². The van der Waals surface area contributed by atoms with Crippen molar-refractivity contribution in [3.05, 3.63) is 23.5 Å². The van der Waals surface area contributed by atoms with E-state index in [1.165, 1.54) is 0 Å². The zero-order valence-electron chi connectivity index (χ0n) is 13.3. The summed E-state index contributed by atoms with van der Waals surface area (Å²) in [5.41, 5.74) is 2.24. The fourth-order valence-corrected chi connectivity index (χ4v) is 2.79. The Balaban J connectivity index is 1.87. The second kappa shape index (κ2) is 6.04. The molecule has 6 heteroatoms. The topological polar surface area (TPSA) is 69.0 Å². The highest BCUT2D eigenvalue weighted by atomic mass is 16.5. The Morgan fingerprint density at radius 3 is 3.05 bits per heavy atom. The van der Waals surface area contributed by atoms with E-state index in [1.807, 2.05) is 17.7 Å². The molecule has 1 aliphatic rings. The number of hydrogen-bond acceptors (Lipinski definition) is 4. The Hall–Kier alpha value is -1.95. The van der Waals surface area contributed by atoms with E-state index in [0.29, 0.717) is 18.0 Å². The fraction of sp³-hybridized carbons (Fsp3) is 0.562. The molecule has 22 heavy (non-hydrogen) atoms. The molecular formula is C16H22N4O2. The molecule has 0 aliphatic carbocycles. The van der Waals surface area contributed by atoms with E-state index in [2.05, 4.69) is 29.2 Å². The van der Waals surface area contributed by atoms with Crippen molar-refractivity contribution in [3.63, 3.8) is 0 Å². The van der Waals surface area contributed by atoms with Crippen LogP contribution in [0.1, 0.15) is 42.4 Å². The third-order valence-electron chi connectivity index (χ3n) is 4.00. The van der Waals surface area contributed by atoms with Crippen molar-refractivity contribution in [1.29, 1.82) is 0 Å². The number of carbonyl (C=O) groups excluding carboxylic acids is 1. The Kier molecular flexibility index (Phi) is 4.11. The highest BCUT2D eigenvalue weighted by Crippen LogP contribution is 2.21. The molecule has 3 heterocycles. The molecule has 1 saturated heterocycles. The van der Waals surface area contributed by atoms with Gasteiger partial charge >= 0.3 is 0 Å². The van der Waals surface area contributed by atoms with Crippen molar-refractivity contribution in [3.8, 4) is 0 Å². The number of fused-ring (bicyclic) bond motifs is 1. The van der Waals surface area contributed by atoms with Crippen LogP contribution in [0.2, 0.25) is 0 Å². The minimum absolute atomic E-state index is 0.0642. The molecule has 3 rings (SSSR count). The van der Waals surface area contributed by atoms with E-state index in [-0.39, 0.29) is 11.9 Å². The van der Waals surface area contributed by atoms with Crippen LogP contribution in [0.15, 0.2) is 12.3 Å². The minimum atomic E-state index is -0.0642. The second-order valence-corrected chi connectivity index (χ2v) is 6.17. The first-order valence-corrected chi connectivity index (χ1v) is 7.77. The first kappa shape index (κ1) is 15.0. The molecule has 1 aliphatic heterocycles. The lowest BCUT2D eigenvalue weighted by Crippen LogP contribution is -2.29. The smallest absolute Gasteiger partial charge is 0.252 e. The van der Waals surface area contributed by atoms with Gasteiger partial charge in [-0.2, -0.15) is 5.10 Å². The zero-order chi connectivity index (χ0) is 15.7. The molecule has 2 aromatic rings. The molecule has 0 radical (unpaired) electrons. The van der Waals surface area contributed by atoms with E-state index < -0.39 is 0 Å². The molecule has 0 aromatic carbocycles. The number of rotatable bonds is 4. The molecule has 0 saturated carbocycles. The van der Waals surface area contributed by atoms with Gasteiger partial charge < -0.3 is 10.1 Å². The summed E-state index contributed by atoms with van der Waals surface area (Å²) in [4.78, 5) is 17.1. The molecule has 6 nitrogen and oxygen atoms in total. The number of aromatic nitrogens is 3. The summed E-state index contributed by atoms with van der Waals surface area (Å²) in [6.45, 7) is 8.18. The van der Waals surface area contributed by atoms with E-state index >= 15 is 0 Å². The number of hydrogen-bond donors (Lipinski definition) is 1. The molecule has 1 amide bonds. The number of pyridine rings is 1. The van der Waals surface area contributed by atoms with Gasteiger partial charge in [-0.3, -0.25) is 4.79 Å². The van der Waals surface area contributed by atoms with Crippen LogP contribution in [0.3, 0.4) is 0 Å². The van der Waals surface area contributed by atoms with E-state index in [9.17, 15) is 4.79 Å². The van der Waals surface area contributed by atoms with E-state index in [1.54, 1.807) is 6.20 Å². The Bertz CT molecular complexity index is 687. The lowest BCUT2D eigenvalue weighted by Gasteiger charge is -2.11. The monoisotopic (exact) mass is 302 g/mol. The van der Waals surface area contributed by atoms with Gasteiger partial charge in [0.05, 0.1) is 23.8 Å². The van der Waals surface area contributed by atoms with Crippen molar-refractivity contribution in [1.82, 2.24) is 20.1 Å². The highest BCUT2D eigenvalue weighted by molar-refractivity contribution is 6.05. The van der Waals surface area contributed by atoms with Crippen LogP contribution in [-0.4, -0.2) is 40.4 Å². The number of nitrogens with zero attached hydrogens (tertiary/aromatic N) is 3. The summed E-state index contributed by atoms with van der Waals surface area (Å²) in [7, 11) is 0. The molecule has 0 bridgehead atoms. The number of nitrogens with one attached hydrogen (secondary N) is 1. The van der Waals surface area contributed by atoms with Gasteiger partial charge in [0.1, 0.15) is 0 Å². The SMILES string of the molecule is Cc1cc(C(=O)NCC2CCOC2)c2cnn(C(C)C)c2n1. The number of ether oxygens (including phenoxy) is 1. The first-order valence-electron chi connectivity index (χ1n) is 7.77. The van der Waals surface area contributed by atoms with Gasteiger partial charge in [-0.05, 0) is 33.3 Å². The molecule has 118 valence electrons. The van der Waals surface area contributed by atoms with Gasteiger partial charge in [-0.1, -0.05) is 0 Å². The van der Waals surface area contributed by atoms with Crippen LogP contribution in [-0.2, 0) is 4.74 Å². The molecular weight excluding hydrogens is 280 g/mol. The van der Waals surface area contributed by atoms with Gasteiger partial charge in [0.2, 0.25) is 0 Å². The van der Waals surface area contributed by atoms with Gasteiger partial charge in [0, 0.05) is 30.8 Å². The summed E-state index contributed by atoms with van der Waals surface area (Å²) >= 11 is 0. The van der Waals surface area contributed by atoms with Gasteiger partial charge in [0.15, 0.2) is 5.65 Å². The maximum atomic E-state index is 12.5. The quantitative estimate of drug-likeness (QED) is 0.939. The molecule has 1 N–H and O–H groups in total. The average Bonchev–Trinajstić information content (AvgIpc) is 3.12. The van der Waals surface area contributed by atoms with Gasteiger partial charge in [-0.25, -0.2) is 9.67 Å². The highest BCUT2D eigenvalue weighted by Gasteiger charge is 2.19. The zero-order valence-corrected chi connectivity index (χ0v) is 13.3. The van der Waals surface area contributed by atoms with E-state index in [0.717, 1.165) is 36.4 Å². The Morgan fingerprint density at radius 1 is 1.55 bits per heavy atom. The number of carbonyl (C=O) groups is 1. The summed E-state index contributed by atoms with van der Waals surface area (Å²) in [5, 5.41) is 8.19. The standard InChI is InChI=1S/C16H22N4O2/c1-10(2)20-15-14(8-18-20)13(6-11(3)19-15)16(21)17-7-12-4-5-22-9-12/h6,8,10,12H,4-5,7,9H2,1-3H3,(H,17,21).